The minimum absolute atomic E-state index is 0.0413. The highest BCUT2D eigenvalue weighted by molar-refractivity contribution is 9.10. The van der Waals surface area contributed by atoms with Gasteiger partial charge in [-0.05, 0) is 76.4 Å². The van der Waals surface area contributed by atoms with Crippen LogP contribution in [0.3, 0.4) is 0 Å². The van der Waals surface area contributed by atoms with Crippen LogP contribution < -0.4 is 4.72 Å². The molecule has 5 rings (SSSR count). The lowest BCUT2D eigenvalue weighted by atomic mass is 10.1. The third-order valence-electron chi connectivity index (χ3n) is 6.03. The first-order valence-electron chi connectivity index (χ1n) is 11.0. The topological polar surface area (TPSA) is 81.1 Å². The van der Waals surface area contributed by atoms with Crippen LogP contribution in [0.25, 0.3) is 21.8 Å². The van der Waals surface area contributed by atoms with Gasteiger partial charge in [-0.3, -0.25) is 4.79 Å². The summed E-state index contributed by atoms with van der Waals surface area (Å²) in [6, 6.07) is 23.7. The summed E-state index contributed by atoms with van der Waals surface area (Å²) in [6.07, 6.45) is 0. The van der Waals surface area contributed by atoms with Gasteiger partial charge in [0, 0.05) is 10.0 Å². The smallest absolute Gasteiger partial charge is 0.265 e. The number of sulfonamides is 1. The van der Waals surface area contributed by atoms with Gasteiger partial charge in [-0.2, -0.15) is 0 Å². The molecule has 1 heterocycles. The van der Waals surface area contributed by atoms with Gasteiger partial charge in [-0.25, -0.2) is 18.1 Å². The zero-order valence-corrected chi connectivity index (χ0v) is 21.5. The number of hydrogen-bond acceptors (Lipinski definition) is 4. The molecule has 0 aliphatic carbocycles. The van der Waals surface area contributed by atoms with E-state index in [1.807, 2.05) is 30.5 Å². The van der Waals surface area contributed by atoms with Crippen molar-refractivity contribution in [2.24, 2.45) is 0 Å². The number of aryl methyl sites for hydroxylation is 2. The maximum absolute atomic E-state index is 12.9. The molecule has 0 atom stereocenters. The molecular formula is C27H22BrN3O3S. The molecule has 0 bridgehead atoms. The molecule has 0 radical (unpaired) electrons. The number of carbonyl (C=O) groups excluding carboxylic acids is 1. The van der Waals surface area contributed by atoms with E-state index in [1.165, 1.54) is 12.1 Å². The summed E-state index contributed by atoms with van der Waals surface area (Å²) in [6.45, 7) is 4.32. The number of amides is 1. The molecule has 0 spiro atoms. The SMILES string of the molecule is Cc1ccc(S(=O)(=O)NC(=O)c2ccc3nc(C)n(Cc4ccc5ccccc5c4Br)c3c2)cc1. The van der Waals surface area contributed by atoms with E-state index >= 15 is 0 Å². The van der Waals surface area contributed by atoms with Crippen molar-refractivity contribution in [3.05, 3.63) is 106 Å². The Morgan fingerprint density at radius 3 is 2.49 bits per heavy atom. The Morgan fingerprint density at radius 1 is 0.971 bits per heavy atom. The first kappa shape index (κ1) is 23.3. The predicted molar refractivity (Wildman–Crippen MR) is 141 cm³/mol. The molecule has 0 aliphatic heterocycles. The number of fused-ring (bicyclic) bond motifs is 2. The average molecular weight is 548 g/mol. The third kappa shape index (κ3) is 4.47. The van der Waals surface area contributed by atoms with E-state index in [0.717, 1.165) is 43.2 Å². The van der Waals surface area contributed by atoms with E-state index in [1.54, 1.807) is 30.3 Å². The Labute approximate surface area is 211 Å². The van der Waals surface area contributed by atoms with Crippen LogP contribution >= 0.6 is 15.9 Å². The quantitative estimate of drug-likeness (QED) is 0.304. The first-order valence-corrected chi connectivity index (χ1v) is 13.3. The number of rotatable bonds is 5. The Kier molecular flexibility index (Phi) is 5.94. The highest BCUT2D eigenvalue weighted by Crippen LogP contribution is 2.29. The van der Waals surface area contributed by atoms with Gasteiger partial charge in [-0.15, -0.1) is 0 Å². The van der Waals surface area contributed by atoms with E-state index < -0.39 is 15.9 Å². The van der Waals surface area contributed by atoms with Crippen LogP contribution in [-0.4, -0.2) is 23.9 Å². The first-order chi connectivity index (χ1) is 16.7. The van der Waals surface area contributed by atoms with Gasteiger partial charge in [-0.1, -0.05) is 54.1 Å². The zero-order valence-electron chi connectivity index (χ0n) is 19.1. The van der Waals surface area contributed by atoms with Gasteiger partial charge in [0.05, 0.1) is 22.5 Å². The van der Waals surface area contributed by atoms with Gasteiger partial charge in [0.15, 0.2) is 0 Å². The van der Waals surface area contributed by atoms with E-state index in [9.17, 15) is 13.2 Å². The lowest BCUT2D eigenvalue weighted by molar-refractivity contribution is 0.0981. The van der Waals surface area contributed by atoms with Gasteiger partial charge in [0.2, 0.25) is 0 Å². The van der Waals surface area contributed by atoms with Crippen LogP contribution in [0.5, 0.6) is 0 Å². The van der Waals surface area contributed by atoms with E-state index in [4.69, 9.17) is 0 Å². The van der Waals surface area contributed by atoms with Crippen LogP contribution in [0.2, 0.25) is 0 Å². The zero-order chi connectivity index (χ0) is 24.7. The Morgan fingerprint density at radius 2 is 1.71 bits per heavy atom. The van der Waals surface area contributed by atoms with Crippen LogP contribution in [0.1, 0.15) is 27.3 Å². The summed E-state index contributed by atoms with van der Waals surface area (Å²) in [7, 11) is -3.99. The number of imidazole rings is 1. The van der Waals surface area contributed by atoms with Crippen molar-refractivity contribution in [3.8, 4) is 0 Å². The maximum atomic E-state index is 12.9. The number of nitrogens with one attached hydrogen (secondary N) is 1. The van der Waals surface area contributed by atoms with Crippen LogP contribution in [0, 0.1) is 13.8 Å². The molecule has 0 saturated heterocycles. The van der Waals surface area contributed by atoms with Gasteiger partial charge in [0.1, 0.15) is 5.82 Å². The number of benzene rings is 4. The number of halogens is 1. The monoisotopic (exact) mass is 547 g/mol. The molecule has 0 aliphatic rings. The van der Waals surface area contributed by atoms with Crippen LogP contribution in [-0.2, 0) is 16.6 Å². The van der Waals surface area contributed by atoms with E-state index in [0.29, 0.717) is 6.54 Å². The average Bonchev–Trinajstić information content (AvgIpc) is 3.15. The number of nitrogens with zero attached hydrogens (tertiary/aromatic N) is 2. The number of hydrogen-bond donors (Lipinski definition) is 1. The fourth-order valence-corrected chi connectivity index (χ4v) is 5.71. The summed E-state index contributed by atoms with van der Waals surface area (Å²) >= 11 is 3.75. The van der Waals surface area contributed by atoms with Gasteiger partial charge >= 0.3 is 0 Å². The molecule has 8 heteroatoms. The molecular weight excluding hydrogens is 526 g/mol. The minimum Gasteiger partial charge on any atom is -0.324 e. The predicted octanol–water partition coefficient (Wildman–Crippen LogP) is 5.74. The van der Waals surface area contributed by atoms with Crippen LogP contribution in [0.4, 0.5) is 0 Å². The molecule has 1 aromatic heterocycles. The highest BCUT2D eigenvalue weighted by Gasteiger charge is 2.20. The van der Waals surface area contributed by atoms with Gasteiger partial charge in [0.25, 0.3) is 15.9 Å². The fraction of sp³-hybridized carbons (Fsp3) is 0.111. The van der Waals surface area contributed by atoms with Crippen molar-refractivity contribution in [1.82, 2.24) is 14.3 Å². The largest absolute Gasteiger partial charge is 0.324 e. The second-order valence-electron chi connectivity index (χ2n) is 8.46. The molecule has 1 N–H and O–H groups in total. The normalized spacial score (nSPS) is 11.7. The minimum atomic E-state index is -3.99. The van der Waals surface area contributed by atoms with E-state index in [2.05, 4.69) is 49.9 Å². The van der Waals surface area contributed by atoms with Crippen molar-refractivity contribution >= 4 is 53.7 Å². The third-order valence-corrected chi connectivity index (χ3v) is 8.31. The lowest BCUT2D eigenvalue weighted by Crippen LogP contribution is -2.30. The van der Waals surface area contributed by atoms with Crippen LogP contribution in [0.15, 0.2) is 88.2 Å². The van der Waals surface area contributed by atoms with Gasteiger partial charge < -0.3 is 4.57 Å². The molecule has 35 heavy (non-hydrogen) atoms. The van der Waals surface area contributed by atoms with Crippen molar-refractivity contribution in [3.63, 3.8) is 0 Å². The molecule has 0 fully saturated rings. The molecule has 5 aromatic rings. The standard InChI is InChI=1S/C27H22BrN3O3S/c1-17-7-12-22(13-8-17)35(33,34)30-27(32)20-11-14-24-25(15-20)31(18(2)29-24)16-21-10-9-19-5-3-4-6-23(19)26(21)28/h3-15H,16H2,1-2H3,(H,30,32). The lowest BCUT2D eigenvalue weighted by Gasteiger charge is -2.12. The number of aromatic nitrogens is 2. The van der Waals surface area contributed by atoms with Crippen molar-refractivity contribution < 1.29 is 13.2 Å². The fourth-order valence-electron chi connectivity index (χ4n) is 4.11. The second-order valence-corrected chi connectivity index (χ2v) is 10.9. The maximum Gasteiger partial charge on any atom is 0.265 e. The Bertz CT molecular complexity index is 1710. The van der Waals surface area contributed by atoms with Crippen molar-refractivity contribution in [2.45, 2.75) is 25.3 Å². The van der Waals surface area contributed by atoms with Crippen molar-refractivity contribution in [2.75, 3.05) is 0 Å². The molecule has 6 nitrogen and oxygen atoms in total. The second kappa shape index (κ2) is 8.94. The highest BCUT2D eigenvalue weighted by atomic mass is 79.9. The summed E-state index contributed by atoms with van der Waals surface area (Å²) in [4.78, 5) is 17.6. The van der Waals surface area contributed by atoms with Crippen molar-refractivity contribution in [1.29, 1.82) is 0 Å². The molecule has 176 valence electrons. The molecule has 1 amide bonds. The molecule has 4 aromatic carbocycles. The van der Waals surface area contributed by atoms with E-state index in [-0.39, 0.29) is 10.5 Å². The molecule has 0 saturated carbocycles. The summed E-state index contributed by atoms with van der Waals surface area (Å²) in [5, 5.41) is 2.26. The Balaban J connectivity index is 1.48. The summed E-state index contributed by atoms with van der Waals surface area (Å²) in [5.41, 5.74) is 3.73. The Hall–Kier alpha value is -3.49. The summed E-state index contributed by atoms with van der Waals surface area (Å²) in [5.74, 6) is 0.106. The molecule has 0 unspecified atom stereocenters. The summed E-state index contributed by atoms with van der Waals surface area (Å²) < 4.78 is 30.6. The number of carbonyl (C=O) groups is 1.